The number of carbonyl (C=O) groups is 4. The van der Waals surface area contributed by atoms with Gasteiger partial charge in [0.1, 0.15) is 12.3 Å². The number of Topliss-reactive ketones (excluding diaryl/α,β-unsaturated/α-hetero) is 1. The van der Waals surface area contributed by atoms with Crippen molar-refractivity contribution in [3.05, 3.63) is 65.7 Å². The van der Waals surface area contributed by atoms with E-state index in [4.69, 9.17) is 9.47 Å². The van der Waals surface area contributed by atoms with Crippen molar-refractivity contribution < 1.29 is 28.7 Å². The van der Waals surface area contributed by atoms with Crippen molar-refractivity contribution in [2.24, 2.45) is 0 Å². The molecular weight excluding hydrogens is 388 g/mol. The number of rotatable bonds is 10. The SMILES string of the molecule is COc1ccccc1C(=O)NCC(=O)OCC(=O)N[C@H](Cc1ccccc1)C(C)=O. The number of nitrogens with one attached hydrogen (secondary N) is 2. The third-order valence-corrected chi connectivity index (χ3v) is 4.22. The van der Waals surface area contributed by atoms with Gasteiger partial charge in [-0.3, -0.25) is 19.2 Å². The third-order valence-electron chi connectivity index (χ3n) is 4.22. The Labute approximate surface area is 174 Å². The Hall–Kier alpha value is -3.68. The number of hydrogen-bond acceptors (Lipinski definition) is 6. The van der Waals surface area contributed by atoms with E-state index in [2.05, 4.69) is 10.6 Å². The van der Waals surface area contributed by atoms with Gasteiger partial charge >= 0.3 is 5.97 Å². The molecule has 0 saturated heterocycles. The van der Waals surface area contributed by atoms with Gasteiger partial charge in [0.05, 0.1) is 18.7 Å². The molecule has 0 aliphatic heterocycles. The minimum absolute atomic E-state index is 0.206. The van der Waals surface area contributed by atoms with E-state index < -0.39 is 37.0 Å². The van der Waals surface area contributed by atoms with E-state index in [1.165, 1.54) is 14.0 Å². The molecule has 2 aromatic rings. The van der Waals surface area contributed by atoms with Crippen molar-refractivity contribution >= 4 is 23.6 Å². The molecular formula is C22H24N2O6. The summed E-state index contributed by atoms with van der Waals surface area (Å²) >= 11 is 0. The van der Waals surface area contributed by atoms with Gasteiger partial charge in [0.15, 0.2) is 12.4 Å². The van der Waals surface area contributed by atoms with Crippen LogP contribution >= 0.6 is 0 Å². The summed E-state index contributed by atoms with van der Waals surface area (Å²) in [6, 6.07) is 15.1. The molecule has 2 rings (SSSR count). The molecule has 2 amide bonds. The first-order chi connectivity index (χ1) is 14.4. The van der Waals surface area contributed by atoms with E-state index >= 15 is 0 Å². The highest BCUT2D eigenvalue weighted by atomic mass is 16.5. The van der Waals surface area contributed by atoms with Crippen molar-refractivity contribution in [3.63, 3.8) is 0 Å². The number of amides is 2. The van der Waals surface area contributed by atoms with E-state index in [1.807, 2.05) is 30.3 Å². The minimum Gasteiger partial charge on any atom is -0.496 e. The Bertz CT molecular complexity index is 898. The van der Waals surface area contributed by atoms with E-state index in [0.29, 0.717) is 12.2 Å². The molecule has 0 fully saturated rings. The zero-order valence-corrected chi connectivity index (χ0v) is 16.8. The first kappa shape index (κ1) is 22.6. The summed E-state index contributed by atoms with van der Waals surface area (Å²) in [7, 11) is 1.44. The Morgan fingerprint density at radius 3 is 2.30 bits per heavy atom. The molecule has 8 heteroatoms. The van der Waals surface area contributed by atoms with Crippen LogP contribution in [0.5, 0.6) is 5.75 Å². The van der Waals surface area contributed by atoms with Crippen molar-refractivity contribution in [2.75, 3.05) is 20.3 Å². The summed E-state index contributed by atoms with van der Waals surface area (Å²) in [6.45, 7) is 0.416. The van der Waals surface area contributed by atoms with E-state index in [-0.39, 0.29) is 11.3 Å². The quantitative estimate of drug-likeness (QED) is 0.569. The number of ether oxygens (including phenoxy) is 2. The highest BCUT2D eigenvalue weighted by Crippen LogP contribution is 2.16. The lowest BCUT2D eigenvalue weighted by Gasteiger charge is -2.16. The van der Waals surface area contributed by atoms with Gasteiger partial charge in [-0.15, -0.1) is 0 Å². The number of hydrogen-bond donors (Lipinski definition) is 2. The van der Waals surface area contributed by atoms with E-state index in [0.717, 1.165) is 5.56 Å². The fraction of sp³-hybridized carbons (Fsp3) is 0.273. The number of methoxy groups -OCH3 is 1. The van der Waals surface area contributed by atoms with Crippen LogP contribution in [0.1, 0.15) is 22.8 Å². The van der Waals surface area contributed by atoms with Gasteiger partial charge in [0.2, 0.25) is 0 Å². The zero-order chi connectivity index (χ0) is 21.9. The Kier molecular flexibility index (Phi) is 8.56. The number of para-hydroxylation sites is 1. The molecule has 0 radical (unpaired) electrons. The average Bonchev–Trinajstić information content (AvgIpc) is 2.76. The van der Waals surface area contributed by atoms with Crippen LogP contribution in [0, 0.1) is 0 Å². The Morgan fingerprint density at radius 2 is 1.63 bits per heavy atom. The van der Waals surface area contributed by atoms with Crippen LogP contribution in [0.15, 0.2) is 54.6 Å². The lowest BCUT2D eigenvalue weighted by molar-refractivity contribution is -0.147. The Balaban J connectivity index is 1.78. The Morgan fingerprint density at radius 1 is 0.967 bits per heavy atom. The van der Waals surface area contributed by atoms with Crippen LogP contribution in [-0.2, 0) is 25.5 Å². The second-order valence-electron chi connectivity index (χ2n) is 6.46. The number of esters is 1. The van der Waals surface area contributed by atoms with Crippen LogP contribution in [-0.4, -0.2) is 49.9 Å². The maximum atomic E-state index is 12.1. The third kappa shape index (κ3) is 7.05. The molecule has 0 bridgehead atoms. The molecule has 30 heavy (non-hydrogen) atoms. The standard InChI is InChI=1S/C22H24N2O6/c1-15(25)18(12-16-8-4-3-5-9-16)24-20(26)14-30-21(27)13-23-22(28)17-10-6-7-11-19(17)29-2/h3-11,18H,12-14H2,1-2H3,(H,23,28)(H,24,26)/t18-/m1/s1. The number of benzene rings is 2. The van der Waals surface area contributed by atoms with Gasteiger partial charge in [0, 0.05) is 0 Å². The van der Waals surface area contributed by atoms with Crippen LogP contribution in [0.2, 0.25) is 0 Å². The lowest BCUT2D eigenvalue weighted by atomic mass is 10.0. The molecule has 0 saturated carbocycles. The molecule has 8 nitrogen and oxygen atoms in total. The molecule has 0 heterocycles. The topological polar surface area (TPSA) is 111 Å². The summed E-state index contributed by atoms with van der Waals surface area (Å²) in [5.41, 5.74) is 1.17. The molecule has 158 valence electrons. The first-order valence-electron chi connectivity index (χ1n) is 9.31. The van der Waals surface area contributed by atoms with Gasteiger partial charge in [-0.2, -0.15) is 0 Å². The maximum absolute atomic E-state index is 12.1. The fourth-order valence-corrected chi connectivity index (χ4v) is 2.66. The lowest BCUT2D eigenvalue weighted by Crippen LogP contribution is -2.43. The predicted octanol–water partition coefficient (Wildman–Crippen LogP) is 1.28. The van der Waals surface area contributed by atoms with Crippen LogP contribution in [0.4, 0.5) is 0 Å². The molecule has 2 aromatic carbocycles. The molecule has 0 unspecified atom stereocenters. The van der Waals surface area contributed by atoms with Crippen molar-refractivity contribution in [2.45, 2.75) is 19.4 Å². The van der Waals surface area contributed by atoms with Crippen LogP contribution < -0.4 is 15.4 Å². The van der Waals surface area contributed by atoms with Gasteiger partial charge in [-0.25, -0.2) is 0 Å². The van der Waals surface area contributed by atoms with Crippen LogP contribution in [0.25, 0.3) is 0 Å². The summed E-state index contributed by atoms with van der Waals surface area (Å²) in [4.78, 5) is 47.8. The molecule has 0 aliphatic carbocycles. The summed E-state index contributed by atoms with van der Waals surface area (Å²) in [5.74, 6) is -1.72. The molecule has 0 aromatic heterocycles. The van der Waals surface area contributed by atoms with Gasteiger partial charge < -0.3 is 20.1 Å². The number of carbonyl (C=O) groups excluding carboxylic acids is 4. The summed E-state index contributed by atoms with van der Waals surface area (Å²) < 4.78 is 9.96. The molecule has 0 aliphatic rings. The molecule has 0 spiro atoms. The van der Waals surface area contributed by atoms with Crippen LogP contribution in [0.3, 0.4) is 0 Å². The largest absolute Gasteiger partial charge is 0.496 e. The first-order valence-corrected chi connectivity index (χ1v) is 9.31. The van der Waals surface area contributed by atoms with Gasteiger partial charge in [-0.1, -0.05) is 42.5 Å². The van der Waals surface area contributed by atoms with Crippen molar-refractivity contribution in [3.8, 4) is 5.75 Å². The minimum atomic E-state index is -0.782. The predicted molar refractivity (Wildman–Crippen MR) is 109 cm³/mol. The van der Waals surface area contributed by atoms with Crippen molar-refractivity contribution in [1.82, 2.24) is 10.6 Å². The normalized spacial score (nSPS) is 11.1. The van der Waals surface area contributed by atoms with Gasteiger partial charge in [-0.05, 0) is 31.0 Å². The van der Waals surface area contributed by atoms with Gasteiger partial charge in [0.25, 0.3) is 11.8 Å². The zero-order valence-electron chi connectivity index (χ0n) is 16.8. The molecule has 1 atom stereocenters. The smallest absolute Gasteiger partial charge is 0.325 e. The van der Waals surface area contributed by atoms with Crippen molar-refractivity contribution in [1.29, 1.82) is 0 Å². The summed E-state index contributed by atoms with van der Waals surface area (Å²) in [6.07, 6.45) is 0.338. The highest BCUT2D eigenvalue weighted by Gasteiger charge is 2.19. The maximum Gasteiger partial charge on any atom is 0.325 e. The highest BCUT2D eigenvalue weighted by molar-refractivity contribution is 5.98. The summed E-state index contributed by atoms with van der Waals surface area (Å²) in [5, 5.41) is 4.97. The number of ketones is 1. The average molecular weight is 412 g/mol. The second kappa shape index (κ2) is 11.4. The van der Waals surface area contributed by atoms with E-state index in [1.54, 1.807) is 24.3 Å². The fourth-order valence-electron chi connectivity index (χ4n) is 2.66. The van der Waals surface area contributed by atoms with E-state index in [9.17, 15) is 19.2 Å². The monoisotopic (exact) mass is 412 g/mol. The molecule has 2 N–H and O–H groups in total. The second-order valence-corrected chi connectivity index (χ2v) is 6.46.